The van der Waals surface area contributed by atoms with Gasteiger partial charge in [-0.15, -0.1) is 0 Å². The van der Waals surface area contributed by atoms with Gasteiger partial charge in [-0.05, 0) is 25.7 Å². The van der Waals surface area contributed by atoms with Gasteiger partial charge >= 0.3 is 6.03 Å². The first kappa shape index (κ1) is 16.1. The van der Waals surface area contributed by atoms with Crippen molar-refractivity contribution in [3.8, 4) is 11.5 Å². The Kier molecular flexibility index (Phi) is 4.53. The monoisotopic (exact) mass is 280 g/mol. The molecule has 0 saturated heterocycles. The third-order valence-corrected chi connectivity index (χ3v) is 2.58. The van der Waals surface area contributed by atoms with Crippen LogP contribution in [0.3, 0.4) is 0 Å². The SMILES string of the molecule is CC(C)(C)CC(C)(C)NC(=O)Nc1cc(O)cc(O)c1. The van der Waals surface area contributed by atoms with E-state index in [1.807, 2.05) is 13.8 Å². The van der Waals surface area contributed by atoms with E-state index in [9.17, 15) is 15.0 Å². The minimum atomic E-state index is -0.371. The summed E-state index contributed by atoms with van der Waals surface area (Å²) in [5.74, 6) is -0.205. The summed E-state index contributed by atoms with van der Waals surface area (Å²) in [5, 5.41) is 24.2. The molecule has 0 bridgehead atoms. The Morgan fingerprint density at radius 3 is 2.00 bits per heavy atom. The van der Waals surface area contributed by atoms with Crippen molar-refractivity contribution < 1.29 is 15.0 Å². The lowest BCUT2D eigenvalue weighted by Gasteiger charge is -2.33. The third-order valence-electron chi connectivity index (χ3n) is 2.58. The first-order valence-electron chi connectivity index (χ1n) is 6.59. The van der Waals surface area contributed by atoms with Gasteiger partial charge in [-0.3, -0.25) is 0 Å². The maximum Gasteiger partial charge on any atom is 0.319 e. The van der Waals surface area contributed by atoms with E-state index in [0.717, 1.165) is 6.42 Å². The Morgan fingerprint density at radius 1 is 1.05 bits per heavy atom. The van der Waals surface area contributed by atoms with E-state index < -0.39 is 0 Å². The molecule has 0 spiro atoms. The second kappa shape index (κ2) is 5.61. The largest absolute Gasteiger partial charge is 0.508 e. The van der Waals surface area contributed by atoms with Crippen LogP contribution in [0.1, 0.15) is 41.0 Å². The highest BCUT2D eigenvalue weighted by Gasteiger charge is 2.27. The number of benzene rings is 1. The summed E-state index contributed by atoms with van der Waals surface area (Å²) in [4.78, 5) is 12.0. The Bertz CT molecular complexity index is 470. The molecule has 0 heterocycles. The second-order valence-electron chi connectivity index (χ2n) is 6.94. The van der Waals surface area contributed by atoms with E-state index in [2.05, 4.69) is 31.4 Å². The molecule has 0 saturated carbocycles. The van der Waals surface area contributed by atoms with E-state index in [4.69, 9.17) is 0 Å². The van der Waals surface area contributed by atoms with Gasteiger partial charge in [0.1, 0.15) is 11.5 Å². The summed E-state index contributed by atoms with van der Waals surface area (Å²) in [6.07, 6.45) is 0.818. The zero-order chi connectivity index (χ0) is 15.6. The molecule has 0 unspecified atom stereocenters. The van der Waals surface area contributed by atoms with Crippen molar-refractivity contribution in [3.05, 3.63) is 18.2 Å². The van der Waals surface area contributed by atoms with Crippen molar-refractivity contribution in [2.45, 2.75) is 46.6 Å². The summed E-state index contributed by atoms with van der Waals surface area (Å²) in [5.41, 5.74) is 0.0768. The fraction of sp³-hybridized carbons (Fsp3) is 0.533. The molecular weight excluding hydrogens is 256 g/mol. The molecule has 1 rings (SSSR count). The average molecular weight is 280 g/mol. The number of urea groups is 1. The number of anilines is 1. The Hall–Kier alpha value is -1.91. The minimum Gasteiger partial charge on any atom is -0.508 e. The molecule has 0 atom stereocenters. The van der Waals surface area contributed by atoms with Crippen LogP contribution < -0.4 is 10.6 Å². The number of aromatic hydroxyl groups is 2. The normalized spacial score (nSPS) is 12.1. The Morgan fingerprint density at radius 2 is 1.55 bits per heavy atom. The molecule has 0 radical (unpaired) electrons. The van der Waals surface area contributed by atoms with Crippen molar-refractivity contribution in [2.24, 2.45) is 5.41 Å². The lowest BCUT2D eigenvalue weighted by Crippen LogP contribution is -2.47. The van der Waals surface area contributed by atoms with Gasteiger partial charge in [0.05, 0.1) is 0 Å². The van der Waals surface area contributed by atoms with Crippen LogP contribution in [0.2, 0.25) is 0 Å². The number of nitrogens with one attached hydrogen (secondary N) is 2. The van der Waals surface area contributed by atoms with E-state index in [1.165, 1.54) is 18.2 Å². The summed E-state index contributed by atoms with van der Waals surface area (Å²) in [7, 11) is 0. The first-order valence-corrected chi connectivity index (χ1v) is 6.59. The smallest absolute Gasteiger partial charge is 0.319 e. The minimum absolute atomic E-state index is 0.0973. The van der Waals surface area contributed by atoms with E-state index in [-0.39, 0.29) is 28.5 Å². The maximum absolute atomic E-state index is 12.0. The molecule has 112 valence electrons. The Labute approximate surface area is 120 Å². The number of phenols is 2. The number of amides is 2. The molecule has 5 nitrogen and oxygen atoms in total. The Balaban J connectivity index is 2.67. The molecule has 0 aliphatic carbocycles. The third kappa shape index (κ3) is 5.82. The van der Waals surface area contributed by atoms with Gasteiger partial charge in [0.15, 0.2) is 0 Å². The number of hydrogen-bond acceptors (Lipinski definition) is 3. The topological polar surface area (TPSA) is 81.6 Å². The van der Waals surface area contributed by atoms with Gasteiger partial charge in [0.25, 0.3) is 0 Å². The van der Waals surface area contributed by atoms with E-state index in [1.54, 1.807) is 0 Å². The first-order chi connectivity index (χ1) is 8.97. The molecule has 0 fully saturated rings. The number of hydrogen-bond donors (Lipinski definition) is 4. The summed E-state index contributed by atoms with van der Waals surface area (Å²) in [6, 6.07) is 3.57. The maximum atomic E-state index is 12.0. The van der Waals surface area contributed by atoms with Crippen molar-refractivity contribution >= 4 is 11.7 Å². The number of carbonyl (C=O) groups excluding carboxylic acids is 1. The summed E-state index contributed by atoms with van der Waals surface area (Å²) < 4.78 is 0. The van der Waals surface area contributed by atoms with Gasteiger partial charge in [-0.25, -0.2) is 4.79 Å². The van der Waals surface area contributed by atoms with Crippen LogP contribution in [0.25, 0.3) is 0 Å². The predicted molar refractivity (Wildman–Crippen MR) is 80.1 cm³/mol. The molecule has 1 aromatic carbocycles. The number of carbonyl (C=O) groups is 1. The van der Waals surface area contributed by atoms with Crippen molar-refractivity contribution in [3.63, 3.8) is 0 Å². The van der Waals surface area contributed by atoms with E-state index in [0.29, 0.717) is 5.69 Å². The number of rotatable bonds is 3. The van der Waals surface area contributed by atoms with Crippen molar-refractivity contribution in [2.75, 3.05) is 5.32 Å². The van der Waals surface area contributed by atoms with Gasteiger partial charge in [-0.1, -0.05) is 20.8 Å². The van der Waals surface area contributed by atoms with Crippen LogP contribution in [0, 0.1) is 5.41 Å². The average Bonchev–Trinajstić information content (AvgIpc) is 2.08. The van der Waals surface area contributed by atoms with Gasteiger partial charge < -0.3 is 20.8 Å². The van der Waals surface area contributed by atoms with Crippen LogP contribution in [0.5, 0.6) is 11.5 Å². The van der Waals surface area contributed by atoms with E-state index >= 15 is 0 Å². The second-order valence-corrected chi connectivity index (χ2v) is 6.94. The van der Waals surface area contributed by atoms with Crippen molar-refractivity contribution in [1.82, 2.24) is 5.32 Å². The number of phenolic OH excluding ortho intramolecular Hbond substituents is 2. The highest BCUT2D eigenvalue weighted by Crippen LogP contribution is 2.27. The molecule has 2 amide bonds. The lowest BCUT2D eigenvalue weighted by atomic mass is 9.82. The van der Waals surface area contributed by atoms with Gasteiger partial charge in [0.2, 0.25) is 0 Å². The molecule has 1 aromatic rings. The highest BCUT2D eigenvalue weighted by molar-refractivity contribution is 5.90. The van der Waals surface area contributed by atoms with Gasteiger partial charge in [0, 0.05) is 29.4 Å². The summed E-state index contributed by atoms with van der Waals surface area (Å²) >= 11 is 0. The molecule has 0 aromatic heterocycles. The highest BCUT2D eigenvalue weighted by atomic mass is 16.3. The molecule has 0 aliphatic heterocycles. The van der Waals surface area contributed by atoms with Crippen molar-refractivity contribution in [1.29, 1.82) is 0 Å². The standard InChI is InChI=1S/C15H24N2O3/c1-14(2,3)9-15(4,5)17-13(20)16-10-6-11(18)8-12(19)7-10/h6-8,18-19H,9H2,1-5H3,(H2,16,17,20). The van der Waals surface area contributed by atoms with Crippen LogP contribution in [0.15, 0.2) is 18.2 Å². The van der Waals surface area contributed by atoms with Crippen LogP contribution in [-0.2, 0) is 0 Å². The van der Waals surface area contributed by atoms with Crippen LogP contribution in [-0.4, -0.2) is 21.8 Å². The predicted octanol–water partition coefficient (Wildman–Crippen LogP) is 3.43. The molecular formula is C15H24N2O3. The zero-order valence-corrected chi connectivity index (χ0v) is 12.7. The summed E-state index contributed by atoms with van der Waals surface area (Å²) in [6.45, 7) is 10.3. The fourth-order valence-electron chi connectivity index (χ4n) is 2.51. The molecule has 20 heavy (non-hydrogen) atoms. The lowest BCUT2D eigenvalue weighted by molar-refractivity contribution is 0.220. The van der Waals surface area contributed by atoms with Crippen LogP contribution in [0.4, 0.5) is 10.5 Å². The quantitative estimate of drug-likeness (QED) is 0.684. The zero-order valence-electron chi connectivity index (χ0n) is 12.7. The molecule has 5 heteroatoms. The molecule has 4 N–H and O–H groups in total. The van der Waals surface area contributed by atoms with Crippen LogP contribution >= 0.6 is 0 Å². The fourth-order valence-corrected chi connectivity index (χ4v) is 2.51. The van der Waals surface area contributed by atoms with Gasteiger partial charge in [-0.2, -0.15) is 0 Å². The molecule has 0 aliphatic rings.